The minimum atomic E-state index is -3.21. The van der Waals surface area contributed by atoms with Gasteiger partial charge in [-0.1, -0.05) is 12.1 Å². The molecule has 1 rings (SSSR count). The van der Waals surface area contributed by atoms with Gasteiger partial charge in [0.1, 0.15) is 6.61 Å². The van der Waals surface area contributed by atoms with Gasteiger partial charge in [-0.2, -0.15) is 0 Å². The Morgan fingerprint density at radius 3 is 2.67 bits per heavy atom. The predicted octanol–water partition coefficient (Wildman–Crippen LogP) is 0.754. The minimum Gasteiger partial charge on any atom is -0.489 e. The van der Waals surface area contributed by atoms with Crippen molar-refractivity contribution in [2.75, 3.05) is 19.4 Å². The predicted molar refractivity (Wildman–Crippen MR) is 54.7 cm³/mol. The van der Waals surface area contributed by atoms with Crippen LogP contribution in [0.15, 0.2) is 24.3 Å². The molecule has 0 bridgehead atoms. The Morgan fingerprint density at radius 2 is 2.07 bits per heavy atom. The third-order valence-corrected chi connectivity index (χ3v) is 2.29. The first-order valence-electron chi connectivity index (χ1n) is 4.31. The molecule has 0 amide bonds. The molecule has 0 unspecified atom stereocenters. The van der Waals surface area contributed by atoms with Gasteiger partial charge in [0.15, 0.2) is 11.6 Å². The van der Waals surface area contributed by atoms with Crippen molar-refractivity contribution in [2.24, 2.45) is 0 Å². The van der Waals surface area contributed by atoms with Crippen LogP contribution < -0.4 is 9.46 Å². The summed E-state index contributed by atoms with van der Waals surface area (Å²) >= 11 is 0. The molecular weight excluding hydrogens is 221 g/mol. The molecule has 1 aromatic rings. The first-order valence-corrected chi connectivity index (χ1v) is 6.20. The lowest BCUT2D eigenvalue weighted by Crippen LogP contribution is -2.26. The van der Waals surface area contributed by atoms with E-state index in [0.717, 1.165) is 6.26 Å². The SMILES string of the molecule is CS(=O)(=O)NCCOc1ccccc1F. The largest absolute Gasteiger partial charge is 0.489 e. The molecule has 0 heterocycles. The Kier molecular flexibility index (Phi) is 4.05. The van der Waals surface area contributed by atoms with Crippen molar-refractivity contribution in [3.63, 3.8) is 0 Å². The van der Waals surface area contributed by atoms with E-state index < -0.39 is 15.8 Å². The van der Waals surface area contributed by atoms with Crippen molar-refractivity contribution >= 4 is 10.0 Å². The number of hydrogen-bond donors (Lipinski definition) is 1. The lowest BCUT2D eigenvalue weighted by molar-refractivity contribution is 0.306. The average Bonchev–Trinajstić information content (AvgIpc) is 2.13. The second-order valence-electron chi connectivity index (χ2n) is 2.95. The quantitative estimate of drug-likeness (QED) is 0.764. The van der Waals surface area contributed by atoms with E-state index in [1.807, 2.05) is 0 Å². The van der Waals surface area contributed by atoms with Crippen molar-refractivity contribution in [2.45, 2.75) is 0 Å². The topological polar surface area (TPSA) is 55.4 Å². The summed E-state index contributed by atoms with van der Waals surface area (Å²) in [6.45, 7) is 0.209. The third-order valence-electron chi connectivity index (χ3n) is 1.56. The Morgan fingerprint density at radius 1 is 1.40 bits per heavy atom. The van der Waals surface area contributed by atoms with Gasteiger partial charge in [-0.25, -0.2) is 17.5 Å². The van der Waals surface area contributed by atoms with Crippen LogP contribution in [0.25, 0.3) is 0 Å². The smallest absolute Gasteiger partial charge is 0.208 e. The van der Waals surface area contributed by atoms with Gasteiger partial charge in [-0.15, -0.1) is 0 Å². The summed E-state index contributed by atoms with van der Waals surface area (Å²) in [4.78, 5) is 0. The summed E-state index contributed by atoms with van der Waals surface area (Å²) in [7, 11) is -3.21. The van der Waals surface area contributed by atoms with Crippen LogP contribution in [0.4, 0.5) is 4.39 Å². The first-order chi connectivity index (χ1) is 6.99. The first kappa shape index (κ1) is 11.9. The van der Waals surface area contributed by atoms with E-state index in [2.05, 4.69) is 4.72 Å². The highest BCUT2D eigenvalue weighted by molar-refractivity contribution is 7.88. The van der Waals surface area contributed by atoms with Gasteiger partial charge >= 0.3 is 0 Å². The molecule has 0 aromatic heterocycles. The highest BCUT2D eigenvalue weighted by Gasteiger charge is 2.02. The van der Waals surface area contributed by atoms with E-state index in [1.165, 1.54) is 12.1 Å². The van der Waals surface area contributed by atoms with E-state index in [0.29, 0.717) is 0 Å². The fourth-order valence-corrected chi connectivity index (χ4v) is 1.40. The Hall–Kier alpha value is -1.14. The zero-order valence-electron chi connectivity index (χ0n) is 8.23. The van der Waals surface area contributed by atoms with Gasteiger partial charge in [0.05, 0.1) is 6.26 Å². The maximum absolute atomic E-state index is 13.0. The molecule has 0 aliphatic heterocycles. The third kappa shape index (κ3) is 4.75. The minimum absolute atomic E-state index is 0.0913. The summed E-state index contributed by atoms with van der Waals surface area (Å²) in [5.41, 5.74) is 0. The van der Waals surface area contributed by atoms with Crippen molar-refractivity contribution in [1.29, 1.82) is 0 Å². The Bertz CT molecular complexity index is 419. The summed E-state index contributed by atoms with van der Waals surface area (Å²) in [5, 5.41) is 0. The van der Waals surface area contributed by atoms with E-state index in [-0.39, 0.29) is 18.9 Å². The highest BCUT2D eigenvalue weighted by atomic mass is 32.2. The number of para-hydroxylation sites is 1. The van der Waals surface area contributed by atoms with Gasteiger partial charge in [0, 0.05) is 6.54 Å². The van der Waals surface area contributed by atoms with Crippen LogP contribution in [0, 0.1) is 5.82 Å². The summed E-state index contributed by atoms with van der Waals surface area (Å²) in [5.74, 6) is -0.343. The van der Waals surface area contributed by atoms with Gasteiger partial charge in [-0.3, -0.25) is 0 Å². The van der Waals surface area contributed by atoms with Gasteiger partial charge in [0.2, 0.25) is 10.0 Å². The second kappa shape index (κ2) is 5.09. The Balaban J connectivity index is 2.36. The molecule has 0 radical (unpaired) electrons. The lowest BCUT2D eigenvalue weighted by Gasteiger charge is -2.06. The number of sulfonamides is 1. The number of ether oxygens (including phenoxy) is 1. The van der Waals surface area contributed by atoms with Crippen molar-refractivity contribution in [3.05, 3.63) is 30.1 Å². The summed E-state index contributed by atoms with van der Waals surface area (Å²) < 4.78 is 41.6. The van der Waals surface area contributed by atoms with Crippen LogP contribution in [0.2, 0.25) is 0 Å². The van der Waals surface area contributed by atoms with Crippen LogP contribution in [-0.2, 0) is 10.0 Å². The molecule has 0 aliphatic carbocycles. The maximum Gasteiger partial charge on any atom is 0.208 e. The molecule has 0 atom stereocenters. The van der Waals surface area contributed by atoms with E-state index in [9.17, 15) is 12.8 Å². The summed E-state index contributed by atoms with van der Waals surface area (Å²) in [6.07, 6.45) is 1.05. The van der Waals surface area contributed by atoms with Gasteiger partial charge in [-0.05, 0) is 12.1 Å². The molecule has 15 heavy (non-hydrogen) atoms. The standard InChI is InChI=1S/C9H12FNO3S/c1-15(12,13)11-6-7-14-9-5-3-2-4-8(9)10/h2-5,11H,6-7H2,1H3. The number of halogens is 1. The van der Waals surface area contributed by atoms with Crippen LogP contribution >= 0.6 is 0 Å². The zero-order chi connectivity index (χ0) is 11.3. The van der Waals surface area contributed by atoms with Crippen molar-refractivity contribution in [1.82, 2.24) is 4.72 Å². The molecule has 84 valence electrons. The monoisotopic (exact) mass is 233 g/mol. The van der Waals surface area contributed by atoms with Gasteiger partial charge in [0.25, 0.3) is 0 Å². The van der Waals surface area contributed by atoms with Crippen LogP contribution in [-0.4, -0.2) is 27.8 Å². The van der Waals surface area contributed by atoms with Crippen molar-refractivity contribution in [3.8, 4) is 5.75 Å². The molecule has 0 saturated carbocycles. The molecule has 1 aromatic carbocycles. The molecule has 4 nitrogen and oxygen atoms in total. The number of hydrogen-bond acceptors (Lipinski definition) is 3. The normalized spacial score (nSPS) is 11.3. The highest BCUT2D eigenvalue weighted by Crippen LogP contribution is 2.14. The molecular formula is C9H12FNO3S. The number of nitrogens with one attached hydrogen (secondary N) is 1. The fourth-order valence-electron chi connectivity index (χ4n) is 0.950. The van der Waals surface area contributed by atoms with E-state index in [1.54, 1.807) is 12.1 Å². The molecule has 6 heteroatoms. The number of benzene rings is 1. The van der Waals surface area contributed by atoms with E-state index in [4.69, 9.17) is 4.74 Å². The maximum atomic E-state index is 13.0. The number of rotatable bonds is 5. The molecule has 0 aliphatic rings. The zero-order valence-corrected chi connectivity index (χ0v) is 9.05. The van der Waals surface area contributed by atoms with Gasteiger partial charge < -0.3 is 4.74 Å². The fraction of sp³-hybridized carbons (Fsp3) is 0.333. The molecule has 0 fully saturated rings. The second-order valence-corrected chi connectivity index (χ2v) is 4.78. The van der Waals surface area contributed by atoms with E-state index >= 15 is 0 Å². The summed E-state index contributed by atoms with van der Waals surface area (Å²) in [6, 6.07) is 5.95. The molecule has 0 saturated heterocycles. The molecule has 0 spiro atoms. The lowest BCUT2D eigenvalue weighted by atomic mass is 10.3. The van der Waals surface area contributed by atoms with Crippen LogP contribution in [0.5, 0.6) is 5.75 Å². The van der Waals surface area contributed by atoms with Crippen LogP contribution in [0.1, 0.15) is 0 Å². The van der Waals surface area contributed by atoms with Crippen LogP contribution in [0.3, 0.4) is 0 Å². The van der Waals surface area contributed by atoms with Crippen molar-refractivity contribution < 1.29 is 17.5 Å². The Labute approximate surface area is 88.1 Å². The average molecular weight is 233 g/mol. The molecule has 1 N–H and O–H groups in total.